The van der Waals surface area contributed by atoms with Crippen LogP contribution in [-0.4, -0.2) is 11.0 Å². The first-order chi connectivity index (χ1) is 14.7. The van der Waals surface area contributed by atoms with Gasteiger partial charge in [-0.05, 0) is 30.0 Å². The number of rotatable bonds is 4. The first-order valence-electron chi connectivity index (χ1n) is 10.1. The van der Waals surface area contributed by atoms with Crippen LogP contribution in [0.25, 0.3) is 10.6 Å². The highest BCUT2D eigenvalue weighted by Gasteiger charge is 2.41. The fraction of sp³-hybridized carbons (Fsp3) is 0.154. The van der Waals surface area contributed by atoms with E-state index in [9.17, 15) is 4.79 Å². The molecule has 4 heteroatoms. The number of aromatic nitrogens is 1. The Bertz CT molecular complexity index is 1180. The summed E-state index contributed by atoms with van der Waals surface area (Å²) in [5.41, 5.74) is 4.51. The molecule has 0 N–H and O–H groups in total. The molecule has 0 unspecified atom stereocenters. The smallest absolute Gasteiger partial charge is 0.317 e. The van der Waals surface area contributed by atoms with Crippen molar-refractivity contribution in [3.63, 3.8) is 0 Å². The zero-order valence-corrected chi connectivity index (χ0v) is 17.4. The van der Waals surface area contributed by atoms with Gasteiger partial charge in [-0.15, -0.1) is 11.3 Å². The molecule has 1 aliphatic rings. The molecule has 0 fully saturated rings. The number of hydrogen-bond donors (Lipinski definition) is 0. The molecular formula is C26H21NO2S. The third-order valence-electron chi connectivity index (χ3n) is 5.65. The Morgan fingerprint density at radius 3 is 2.30 bits per heavy atom. The molecule has 1 aromatic heterocycles. The number of hydrogen-bond acceptors (Lipinski definition) is 4. The van der Waals surface area contributed by atoms with E-state index in [0.29, 0.717) is 12.3 Å². The van der Waals surface area contributed by atoms with Gasteiger partial charge in [-0.25, -0.2) is 4.98 Å². The van der Waals surface area contributed by atoms with Crippen molar-refractivity contribution in [3.05, 3.63) is 106 Å². The molecule has 3 nitrogen and oxygen atoms in total. The number of fused-ring (bicyclic) bond motifs is 1. The van der Waals surface area contributed by atoms with Crippen LogP contribution in [0.3, 0.4) is 0 Å². The fourth-order valence-electron chi connectivity index (χ4n) is 4.14. The van der Waals surface area contributed by atoms with E-state index < -0.39 is 0 Å². The van der Waals surface area contributed by atoms with Gasteiger partial charge in [0.05, 0.1) is 10.8 Å². The van der Waals surface area contributed by atoms with Gasteiger partial charge in [0.15, 0.2) is 0 Å². The number of carbonyl (C=O) groups excluding carboxylic acids is 1. The number of nitrogens with zero attached hydrogens (tertiary/aromatic N) is 1. The van der Waals surface area contributed by atoms with E-state index in [4.69, 9.17) is 9.72 Å². The van der Waals surface area contributed by atoms with E-state index in [2.05, 4.69) is 31.2 Å². The molecule has 2 heterocycles. The maximum atomic E-state index is 13.1. The van der Waals surface area contributed by atoms with Crippen LogP contribution in [0.5, 0.6) is 5.88 Å². The van der Waals surface area contributed by atoms with Crippen LogP contribution in [0.1, 0.15) is 27.5 Å². The molecule has 4 aromatic rings. The maximum Gasteiger partial charge on any atom is 0.317 e. The third kappa shape index (κ3) is 3.44. The second kappa shape index (κ2) is 7.88. The molecule has 30 heavy (non-hydrogen) atoms. The van der Waals surface area contributed by atoms with Gasteiger partial charge >= 0.3 is 5.97 Å². The summed E-state index contributed by atoms with van der Waals surface area (Å²) in [7, 11) is 0. The van der Waals surface area contributed by atoms with Crippen molar-refractivity contribution in [1.29, 1.82) is 0 Å². The highest BCUT2D eigenvalue weighted by atomic mass is 32.1. The molecule has 0 bridgehead atoms. The molecule has 0 radical (unpaired) electrons. The van der Waals surface area contributed by atoms with Gasteiger partial charge in [0.25, 0.3) is 0 Å². The maximum absolute atomic E-state index is 13.1. The summed E-state index contributed by atoms with van der Waals surface area (Å²) in [5, 5.41) is 0.882. The summed E-state index contributed by atoms with van der Waals surface area (Å²) in [6.45, 7) is 2.10. The number of ether oxygens (including phenoxy) is 1. The first kappa shape index (κ1) is 18.8. The lowest BCUT2D eigenvalue weighted by Crippen LogP contribution is -2.33. The van der Waals surface area contributed by atoms with Crippen molar-refractivity contribution in [3.8, 4) is 16.5 Å². The summed E-state index contributed by atoms with van der Waals surface area (Å²) in [6, 6.07) is 28.5. The Morgan fingerprint density at radius 2 is 1.57 bits per heavy atom. The van der Waals surface area contributed by atoms with Crippen molar-refractivity contribution in [1.82, 2.24) is 4.98 Å². The minimum absolute atomic E-state index is 0.0716. The van der Waals surface area contributed by atoms with E-state index in [-0.39, 0.29) is 17.8 Å². The van der Waals surface area contributed by atoms with Crippen LogP contribution in [0, 0.1) is 12.8 Å². The van der Waals surface area contributed by atoms with Gasteiger partial charge in [0.2, 0.25) is 5.88 Å². The average Bonchev–Trinajstić information content (AvgIpc) is 3.20. The van der Waals surface area contributed by atoms with E-state index in [1.165, 1.54) is 11.1 Å². The monoisotopic (exact) mass is 411 g/mol. The van der Waals surface area contributed by atoms with Crippen LogP contribution in [0.4, 0.5) is 0 Å². The number of thiazole rings is 1. The van der Waals surface area contributed by atoms with E-state index in [1.807, 2.05) is 60.7 Å². The van der Waals surface area contributed by atoms with Crippen LogP contribution in [0.2, 0.25) is 0 Å². The van der Waals surface area contributed by atoms with Gasteiger partial charge in [-0.3, -0.25) is 4.79 Å². The molecule has 0 saturated heterocycles. The molecule has 148 valence electrons. The third-order valence-corrected chi connectivity index (χ3v) is 6.82. The highest BCUT2D eigenvalue weighted by molar-refractivity contribution is 7.15. The van der Waals surface area contributed by atoms with E-state index in [0.717, 1.165) is 21.0 Å². The molecule has 0 spiro atoms. The number of esters is 1. The van der Waals surface area contributed by atoms with Crippen LogP contribution >= 0.6 is 11.3 Å². The molecule has 0 saturated carbocycles. The second-order valence-corrected chi connectivity index (χ2v) is 8.64. The van der Waals surface area contributed by atoms with Gasteiger partial charge in [-0.1, -0.05) is 84.9 Å². The molecule has 0 amide bonds. The van der Waals surface area contributed by atoms with Crippen molar-refractivity contribution < 1.29 is 9.53 Å². The molecule has 3 aromatic carbocycles. The Balaban J connectivity index is 1.64. The first-order valence-corrected chi connectivity index (χ1v) is 10.9. The predicted octanol–water partition coefficient (Wildman–Crippen LogP) is 6.03. The quantitative estimate of drug-likeness (QED) is 0.385. The van der Waals surface area contributed by atoms with Crippen LogP contribution in [-0.2, 0) is 11.2 Å². The average molecular weight is 412 g/mol. The van der Waals surface area contributed by atoms with Crippen molar-refractivity contribution >= 4 is 17.3 Å². The zero-order valence-electron chi connectivity index (χ0n) is 16.6. The number of aryl methyl sites for hydroxylation is 1. The minimum Gasteiger partial charge on any atom is -0.406 e. The molecule has 2 atom stereocenters. The fourth-order valence-corrected chi connectivity index (χ4v) is 5.33. The zero-order chi connectivity index (χ0) is 20.5. The Labute approximate surface area is 180 Å². The van der Waals surface area contributed by atoms with E-state index in [1.54, 1.807) is 11.3 Å². The van der Waals surface area contributed by atoms with Crippen molar-refractivity contribution in [2.24, 2.45) is 5.92 Å². The lowest BCUT2D eigenvalue weighted by atomic mass is 9.78. The minimum atomic E-state index is -0.287. The van der Waals surface area contributed by atoms with Gasteiger partial charge < -0.3 is 4.74 Å². The second-order valence-electron chi connectivity index (χ2n) is 7.61. The topological polar surface area (TPSA) is 39.2 Å². The number of benzene rings is 3. The van der Waals surface area contributed by atoms with Crippen molar-refractivity contribution in [2.75, 3.05) is 0 Å². The van der Waals surface area contributed by atoms with Gasteiger partial charge in [0, 0.05) is 11.5 Å². The standard InChI is InChI=1S/C26H21NO2S/c1-17-10-8-9-15-20(17)22-21(16-18-11-4-2-5-12-18)26(28)29-24-23(22)30-25(27-24)19-13-6-3-7-14-19/h2-15,21-22H,16H2,1H3/t21-,22+/m0/s1. The van der Waals surface area contributed by atoms with Gasteiger partial charge in [0.1, 0.15) is 5.01 Å². The summed E-state index contributed by atoms with van der Waals surface area (Å²) in [6.07, 6.45) is 0.636. The Kier molecular flexibility index (Phi) is 4.93. The molecule has 1 aliphatic heterocycles. The lowest BCUT2D eigenvalue weighted by Gasteiger charge is -2.30. The highest BCUT2D eigenvalue weighted by Crippen LogP contribution is 2.48. The normalized spacial score (nSPS) is 18.0. The lowest BCUT2D eigenvalue weighted by molar-refractivity contribution is -0.140. The van der Waals surface area contributed by atoms with Crippen molar-refractivity contribution in [2.45, 2.75) is 19.3 Å². The molecular weight excluding hydrogens is 390 g/mol. The number of carbonyl (C=O) groups is 1. The molecule has 5 rings (SSSR count). The SMILES string of the molecule is Cc1ccccc1[C@H]1c2sc(-c3ccccc3)nc2OC(=O)[C@H]1Cc1ccccc1. The van der Waals surface area contributed by atoms with E-state index >= 15 is 0 Å². The summed E-state index contributed by atoms with van der Waals surface area (Å²) in [4.78, 5) is 18.9. The Morgan fingerprint density at radius 1 is 0.900 bits per heavy atom. The summed E-state index contributed by atoms with van der Waals surface area (Å²) >= 11 is 1.63. The van der Waals surface area contributed by atoms with Crippen LogP contribution < -0.4 is 4.74 Å². The Hall–Kier alpha value is -3.24. The largest absolute Gasteiger partial charge is 0.406 e. The predicted molar refractivity (Wildman–Crippen MR) is 120 cm³/mol. The molecule has 0 aliphatic carbocycles. The summed E-state index contributed by atoms with van der Waals surface area (Å²) in [5.74, 6) is -0.103. The van der Waals surface area contributed by atoms with Gasteiger partial charge in [-0.2, -0.15) is 0 Å². The summed E-state index contributed by atoms with van der Waals surface area (Å²) < 4.78 is 5.77. The van der Waals surface area contributed by atoms with Crippen LogP contribution in [0.15, 0.2) is 84.9 Å².